The average molecular weight is 425 g/mol. The van der Waals surface area contributed by atoms with Crippen LogP contribution in [-0.4, -0.2) is 44.8 Å². The first-order valence-electron chi connectivity index (χ1n) is 10.7. The molecule has 2 aromatic heterocycles. The second kappa shape index (κ2) is 8.63. The predicted molar refractivity (Wildman–Crippen MR) is 123 cm³/mol. The second-order valence-corrected chi connectivity index (χ2v) is 8.01. The molecule has 1 unspecified atom stereocenters. The number of rotatable bonds is 4. The summed E-state index contributed by atoms with van der Waals surface area (Å²) in [6.07, 6.45) is 5.04. The van der Waals surface area contributed by atoms with Crippen LogP contribution in [0.4, 0.5) is 5.69 Å². The molecule has 0 radical (unpaired) electrons. The number of aromatic amines is 1. The van der Waals surface area contributed by atoms with Gasteiger partial charge in [-0.1, -0.05) is 18.2 Å². The highest BCUT2D eigenvalue weighted by Gasteiger charge is 2.27. The number of imidazole rings is 1. The maximum absolute atomic E-state index is 13.2. The summed E-state index contributed by atoms with van der Waals surface area (Å²) in [5, 5.41) is 2.84. The molecule has 1 atom stereocenters. The van der Waals surface area contributed by atoms with E-state index in [4.69, 9.17) is 4.98 Å². The van der Waals surface area contributed by atoms with E-state index in [2.05, 4.69) is 15.3 Å². The lowest BCUT2D eigenvalue weighted by Crippen LogP contribution is -2.39. The van der Waals surface area contributed by atoms with Gasteiger partial charge in [0.15, 0.2) is 0 Å². The quantitative estimate of drug-likeness (QED) is 0.512. The van der Waals surface area contributed by atoms with Gasteiger partial charge in [0.1, 0.15) is 5.82 Å². The maximum Gasteiger partial charge on any atom is 0.257 e. The van der Waals surface area contributed by atoms with Crippen molar-refractivity contribution in [3.05, 3.63) is 90.0 Å². The van der Waals surface area contributed by atoms with Gasteiger partial charge in [-0.3, -0.25) is 14.6 Å². The highest BCUT2D eigenvalue weighted by Crippen LogP contribution is 2.28. The number of piperidine rings is 1. The van der Waals surface area contributed by atoms with Crippen molar-refractivity contribution < 1.29 is 9.59 Å². The topological polar surface area (TPSA) is 91.0 Å². The summed E-state index contributed by atoms with van der Waals surface area (Å²) in [4.78, 5) is 39.6. The van der Waals surface area contributed by atoms with Gasteiger partial charge in [-0.2, -0.15) is 0 Å². The number of nitrogens with one attached hydrogen (secondary N) is 2. The molecule has 7 nitrogen and oxygen atoms in total. The Morgan fingerprint density at radius 2 is 1.91 bits per heavy atom. The third-order valence-electron chi connectivity index (χ3n) is 5.79. The number of carbonyl (C=O) groups excluding carboxylic acids is 2. The normalized spacial score (nSPS) is 16.1. The number of amides is 2. The third kappa shape index (κ3) is 4.09. The van der Waals surface area contributed by atoms with Crippen molar-refractivity contribution in [2.75, 3.05) is 18.4 Å². The van der Waals surface area contributed by atoms with Gasteiger partial charge >= 0.3 is 0 Å². The Morgan fingerprint density at radius 3 is 2.75 bits per heavy atom. The zero-order valence-electron chi connectivity index (χ0n) is 17.5. The molecule has 1 aliphatic rings. The smallest absolute Gasteiger partial charge is 0.257 e. The number of anilines is 1. The largest absolute Gasteiger partial charge is 0.342 e. The number of carbonyl (C=O) groups is 2. The minimum Gasteiger partial charge on any atom is -0.342 e. The van der Waals surface area contributed by atoms with Crippen LogP contribution in [0.2, 0.25) is 0 Å². The fourth-order valence-corrected chi connectivity index (χ4v) is 4.16. The fourth-order valence-electron chi connectivity index (χ4n) is 4.16. The van der Waals surface area contributed by atoms with Gasteiger partial charge in [0.05, 0.1) is 16.6 Å². The Bertz CT molecular complexity index is 1230. The molecule has 1 saturated heterocycles. The second-order valence-electron chi connectivity index (χ2n) is 8.01. The zero-order valence-corrected chi connectivity index (χ0v) is 17.5. The molecule has 2 N–H and O–H groups in total. The molecule has 32 heavy (non-hydrogen) atoms. The van der Waals surface area contributed by atoms with Crippen LogP contribution < -0.4 is 5.32 Å². The minimum absolute atomic E-state index is 0.0386. The molecular formula is C25H23N5O2. The van der Waals surface area contributed by atoms with E-state index in [-0.39, 0.29) is 17.7 Å². The summed E-state index contributed by atoms with van der Waals surface area (Å²) in [6.45, 7) is 1.33. The number of nitrogens with zero attached hydrogens (tertiary/aromatic N) is 3. The van der Waals surface area contributed by atoms with Gasteiger partial charge in [-0.25, -0.2) is 4.98 Å². The van der Waals surface area contributed by atoms with Crippen LogP contribution in [0.25, 0.3) is 11.0 Å². The molecule has 1 aliphatic heterocycles. The van der Waals surface area contributed by atoms with Crippen LogP contribution in [0.5, 0.6) is 0 Å². The SMILES string of the molecule is O=C(Nc1cccc(C(=O)N2CCCC(c3nc4ccccc4[nH]3)C2)c1)c1cccnc1. The highest BCUT2D eigenvalue weighted by molar-refractivity contribution is 6.05. The van der Waals surface area contributed by atoms with Crippen LogP contribution in [0.1, 0.15) is 45.3 Å². The first kappa shape index (κ1) is 19.9. The van der Waals surface area contributed by atoms with Gasteiger partial charge in [0, 0.05) is 42.7 Å². The van der Waals surface area contributed by atoms with Gasteiger partial charge in [-0.15, -0.1) is 0 Å². The van der Waals surface area contributed by atoms with Crippen LogP contribution in [-0.2, 0) is 0 Å². The van der Waals surface area contributed by atoms with Gasteiger partial charge in [0.2, 0.25) is 0 Å². The van der Waals surface area contributed by atoms with Crippen molar-refractivity contribution in [2.24, 2.45) is 0 Å². The van der Waals surface area contributed by atoms with Crippen LogP contribution in [0, 0.1) is 0 Å². The molecule has 0 saturated carbocycles. The Hall–Kier alpha value is -4.00. The number of benzene rings is 2. The molecule has 0 spiro atoms. The van der Waals surface area contributed by atoms with Crippen molar-refractivity contribution in [3.63, 3.8) is 0 Å². The first-order valence-corrected chi connectivity index (χ1v) is 10.7. The molecule has 3 heterocycles. The number of para-hydroxylation sites is 2. The Labute approximate surface area is 185 Å². The standard InChI is InChI=1S/C25H23N5O2/c31-24(18-7-4-12-26-15-18)27-20-9-3-6-17(14-20)25(32)30-13-5-8-19(16-30)23-28-21-10-1-2-11-22(21)29-23/h1-4,6-7,9-12,14-15,19H,5,8,13,16H2,(H,27,31)(H,28,29). The van der Waals surface area contributed by atoms with Crippen molar-refractivity contribution in [3.8, 4) is 0 Å². The van der Waals surface area contributed by atoms with Gasteiger partial charge < -0.3 is 15.2 Å². The summed E-state index contributed by atoms with van der Waals surface area (Å²) >= 11 is 0. The monoisotopic (exact) mass is 425 g/mol. The molecule has 2 amide bonds. The number of aromatic nitrogens is 3. The summed E-state index contributed by atoms with van der Waals surface area (Å²) < 4.78 is 0. The number of hydrogen-bond donors (Lipinski definition) is 2. The molecule has 7 heteroatoms. The van der Waals surface area contributed by atoms with Crippen molar-refractivity contribution >= 4 is 28.5 Å². The number of hydrogen-bond acceptors (Lipinski definition) is 4. The number of pyridine rings is 1. The van der Waals surface area contributed by atoms with Crippen LogP contribution >= 0.6 is 0 Å². The summed E-state index contributed by atoms with van der Waals surface area (Å²) in [5.74, 6) is 0.809. The molecular weight excluding hydrogens is 402 g/mol. The lowest BCUT2D eigenvalue weighted by Gasteiger charge is -2.32. The minimum atomic E-state index is -0.259. The molecule has 0 aliphatic carbocycles. The van der Waals surface area contributed by atoms with E-state index >= 15 is 0 Å². The van der Waals surface area contributed by atoms with Gasteiger partial charge in [-0.05, 0) is 55.3 Å². The van der Waals surface area contributed by atoms with Gasteiger partial charge in [0.25, 0.3) is 11.8 Å². The third-order valence-corrected chi connectivity index (χ3v) is 5.79. The van der Waals surface area contributed by atoms with Crippen LogP contribution in [0.15, 0.2) is 73.1 Å². The predicted octanol–water partition coefficient (Wildman–Crippen LogP) is 4.23. The van der Waals surface area contributed by atoms with Crippen molar-refractivity contribution in [2.45, 2.75) is 18.8 Å². The molecule has 1 fully saturated rings. The zero-order chi connectivity index (χ0) is 21.9. The first-order chi connectivity index (χ1) is 15.7. The van der Waals surface area contributed by atoms with E-state index in [1.165, 1.54) is 6.20 Å². The van der Waals surface area contributed by atoms with E-state index in [9.17, 15) is 9.59 Å². The number of H-pyrrole nitrogens is 1. The van der Waals surface area contributed by atoms with E-state index in [0.29, 0.717) is 29.9 Å². The lowest BCUT2D eigenvalue weighted by molar-refractivity contribution is 0.0704. The van der Waals surface area contributed by atoms with E-state index < -0.39 is 0 Å². The lowest BCUT2D eigenvalue weighted by atomic mass is 9.96. The van der Waals surface area contributed by atoms with E-state index in [0.717, 1.165) is 29.7 Å². The Balaban J connectivity index is 1.30. The van der Waals surface area contributed by atoms with Crippen molar-refractivity contribution in [1.82, 2.24) is 19.9 Å². The van der Waals surface area contributed by atoms with E-state index in [1.807, 2.05) is 29.2 Å². The summed E-state index contributed by atoms with van der Waals surface area (Å²) in [5.41, 5.74) is 3.56. The van der Waals surface area contributed by atoms with Crippen molar-refractivity contribution in [1.29, 1.82) is 0 Å². The summed E-state index contributed by atoms with van der Waals surface area (Å²) in [6, 6.07) is 18.5. The molecule has 0 bridgehead atoms. The Kier molecular flexibility index (Phi) is 5.37. The number of fused-ring (bicyclic) bond motifs is 1. The fraction of sp³-hybridized carbons (Fsp3) is 0.200. The summed E-state index contributed by atoms with van der Waals surface area (Å²) in [7, 11) is 0. The maximum atomic E-state index is 13.2. The molecule has 5 rings (SSSR count). The molecule has 4 aromatic rings. The number of likely N-dealkylation sites (tertiary alicyclic amines) is 1. The van der Waals surface area contributed by atoms with E-state index in [1.54, 1.807) is 42.6 Å². The molecule has 160 valence electrons. The molecule has 2 aromatic carbocycles. The average Bonchev–Trinajstić information content (AvgIpc) is 3.29. The highest BCUT2D eigenvalue weighted by atomic mass is 16.2. The van der Waals surface area contributed by atoms with Crippen LogP contribution in [0.3, 0.4) is 0 Å². The Morgan fingerprint density at radius 1 is 1.03 bits per heavy atom.